The number of fused-ring (bicyclic) bond motifs is 1. The molecule has 1 aromatic rings. The van der Waals surface area contributed by atoms with Crippen LogP contribution < -0.4 is 5.56 Å². The molecule has 1 aromatic heterocycles. The molecule has 0 N–H and O–H groups in total. The number of carbonyl (C=O) groups is 1. The highest BCUT2D eigenvalue weighted by Gasteiger charge is 2.93. The van der Waals surface area contributed by atoms with Gasteiger partial charge in [0.2, 0.25) is 0 Å². The third-order valence-corrected chi connectivity index (χ3v) is 4.35. The van der Waals surface area contributed by atoms with Crippen LogP contribution in [0.3, 0.4) is 0 Å². The largest absolute Gasteiger partial charge is 0.465 e. The summed E-state index contributed by atoms with van der Waals surface area (Å²) in [6.07, 6.45) is 1.94. The first-order valence-corrected chi connectivity index (χ1v) is 5.65. The molecule has 0 amide bonds. The van der Waals surface area contributed by atoms with Crippen molar-refractivity contribution >= 4 is 5.97 Å². The lowest BCUT2D eigenvalue weighted by atomic mass is 10.1. The van der Waals surface area contributed by atoms with Gasteiger partial charge in [0, 0.05) is 18.0 Å². The van der Waals surface area contributed by atoms with E-state index in [4.69, 9.17) is 4.74 Å². The van der Waals surface area contributed by atoms with E-state index in [9.17, 15) is 9.59 Å². The molecule has 2 aliphatic carbocycles. The van der Waals surface area contributed by atoms with E-state index in [0.717, 1.165) is 6.61 Å². The third kappa shape index (κ3) is 0.835. The number of methoxy groups -OCH3 is 1. The number of carbonyl (C=O) groups excluding carboxylic acids is 1. The average Bonchev–Trinajstić information content (AvgIpc) is 3.02. The fourth-order valence-corrected chi connectivity index (χ4v) is 3.41. The highest BCUT2D eigenvalue weighted by Crippen LogP contribution is 2.82. The standard InChI is InChI=1S/C12H11NO4/c1-16-11(15)6-3-2-4-13(10(6)14)12-7-5-17-9(12)8(7)12/h2-4,7-9H,5H2,1H3/t7-,8-,9?,12-/m1/s1. The number of pyridine rings is 1. The van der Waals surface area contributed by atoms with Crippen molar-refractivity contribution < 1.29 is 14.3 Å². The quantitative estimate of drug-likeness (QED) is 0.674. The van der Waals surface area contributed by atoms with Crippen LogP contribution in [-0.2, 0) is 15.0 Å². The molecule has 2 saturated heterocycles. The van der Waals surface area contributed by atoms with Gasteiger partial charge < -0.3 is 14.0 Å². The summed E-state index contributed by atoms with van der Waals surface area (Å²) in [4.78, 5) is 23.7. The van der Waals surface area contributed by atoms with Gasteiger partial charge in [0.1, 0.15) is 5.56 Å². The number of nitrogens with zero attached hydrogens (tertiary/aromatic N) is 1. The van der Waals surface area contributed by atoms with Crippen LogP contribution in [0, 0.1) is 11.8 Å². The Labute approximate surface area is 96.9 Å². The minimum Gasteiger partial charge on any atom is -0.465 e. The molecule has 1 unspecified atom stereocenters. The summed E-state index contributed by atoms with van der Waals surface area (Å²) in [6, 6.07) is 3.22. The van der Waals surface area contributed by atoms with Crippen molar-refractivity contribution in [1.82, 2.24) is 4.57 Å². The maximum atomic E-state index is 12.2. The zero-order valence-corrected chi connectivity index (χ0v) is 9.25. The molecule has 5 heteroatoms. The van der Waals surface area contributed by atoms with Crippen molar-refractivity contribution in [1.29, 1.82) is 0 Å². The molecule has 4 fully saturated rings. The van der Waals surface area contributed by atoms with Crippen molar-refractivity contribution in [3.63, 3.8) is 0 Å². The molecule has 5 nitrogen and oxygen atoms in total. The van der Waals surface area contributed by atoms with Gasteiger partial charge >= 0.3 is 5.97 Å². The molecule has 0 radical (unpaired) electrons. The molecule has 2 bridgehead atoms. The Morgan fingerprint density at radius 1 is 1.65 bits per heavy atom. The Bertz CT molecular complexity index is 569. The number of ether oxygens (including phenoxy) is 2. The van der Waals surface area contributed by atoms with E-state index in [-0.39, 0.29) is 22.8 Å². The number of esters is 1. The van der Waals surface area contributed by atoms with Gasteiger partial charge in [-0.1, -0.05) is 0 Å². The van der Waals surface area contributed by atoms with E-state index >= 15 is 0 Å². The molecule has 5 rings (SSSR count). The summed E-state index contributed by atoms with van der Waals surface area (Å²) in [5, 5.41) is 0. The fraction of sp³-hybridized carbons (Fsp3) is 0.500. The normalized spacial score (nSPS) is 39.7. The lowest BCUT2D eigenvalue weighted by Crippen LogP contribution is -2.33. The van der Waals surface area contributed by atoms with Crippen LogP contribution in [0.1, 0.15) is 10.4 Å². The Kier molecular flexibility index (Phi) is 1.45. The molecule has 2 saturated carbocycles. The third-order valence-electron chi connectivity index (χ3n) is 4.35. The fourth-order valence-electron chi connectivity index (χ4n) is 3.41. The maximum Gasteiger partial charge on any atom is 0.343 e. The average molecular weight is 233 g/mol. The number of aromatic nitrogens is 1. The molecule has 4 aliphatic rings. The van der Waals surface area contributed by atoms with Crippen LogP contribution in [0.15, 0.2) is 23.1 Å². The summed E-state index contributed by atoms with van der Waals surface area (Å²) in [5.74, 6) is 0.387. The molecular weight excluding hydrogens is 222 g/mol. The zero-order valence-electron chi connectivity index (χ0n) is 9.25. The molecule has 0 spiro atoms. The predicted molar refractivity (Wildman–Crippen MR) is 56.7 cm³/mol. The van der Waals surface area contributed by atoms with Gasteiger partial charge in [-0.25, -0.2) is 4.79 Å². The Morgan fingerprint density at radius 2 is 2.47 bits per heavy atom. The summed E-state index contributed by atoms with van der Waals surface area (Å²) >= 11 is 0. The number of hydrogen-bond donors (Lipinski definition) is 0. The van der Waals surface area contributed by atoms with E-state index in [1.165, 1.54) is 13.2 Å². The topological polar surface area (TPSA) is 57.5 Å². The Balaban J connectivity index is 1.84. The second-order valence-corrected chi connectivity index (χ2v) is 4.86. The van der Waals surface area contributed by atoms with Crippen molar-refractivity contribution in [2.24, 2.45) is 11.8 Å². The van der Waals surface area contributed by atoms with Crippen molar-refractivity contribution in [3.8, 4) is 0 Å². The first kappa shape index (κ1) is 9.41. The van der Waals surface area contributed by atoms with Gasteiger partial charge in [-0.05, 0) is 12.1 Å². The van der Waals surface area contributed by atoms with Crippen LogP contribution in [0.5, 0.6) is 0 Å². The predicted octanol–water partition coefficient (Wildman–Crippen LogP) is -0.0114. The minimum absolute atomic E-state index is 0.0984. The second kappa shape index (κ2) is 2.61. The van der Waals surface area contributed by atoms with Crippen molar-refractivity contribution in [2.45, 2.75) is 11.6 Å². The number of hydrogen-bond acceptors (Lipinski definition) is 4. The van der Waals surface area contributed by atoms with E-state index < -0.39 is 5.97 Å². The maximum absolute atomic E-state index is 12.2. The molecule has 3 heterocycles. The van der Waals surface area contributed by atoms with Crippen LogP contribution >= 0.6 is 0 Å². The smallest absolute Gasteiger partial charge is 0.343 e. The molecule has 88 valence electrons. The number of rotatable bonds is 2. The van der Waals surface area contributed by atoms with Gasteiger partial charge in [0.15, 0.2) is 0 Å². The van der Waals surface area contributed by atoms with Gasteiger partial charge in [-0.15, -0.1) is 0 Å². The highest BCUT2D eigenvalue weighted by molar-refractivity contribution is 5.88. The SMILES string of the molecule is COC(=O)c1cccn([C@]23C4OC[C@@H]2[C@H]43)c1=O. The van der Waals surface area contributed by atoms with Gasteiger partial charge in [-0.3, -0.25) is 4.79 Å². The van der Waals surface area contributed by atoms with Crippen LogP contribution in [-0.4, -0.2) is 30.4 Å². The van der Waals surface area contributed by atoms with Crippen molar-refractivity contribution in [2.75, 3.05) is 13.7 Å². The van der Waals surface area contributed by atoms with E-state index in [2.05, 4.69) is 4.74 Å². The van der Waals surface area contributed by atoms with Crippen LogP contribution in [0.25, 0.3) is 0 Å². The lowest BCUT2D eigenvalue weighted by molar-refractivity contribution is 0.0597. The van der Waals surface area contributed by atoms with E-state index in [0.29, 0.717) is 11.8 Å². The van der Waals surface area contributed by atoms with Gasteiger partial charge in [0.25, 0.3) is 5.56 Å². The molecular formula is C12H11NO4. The Hall–Kier alpha value is -1.62. The lowest BCUT2D eigenvalue weighted by Gasteiger charge is -2.11. The monoisotopic (exact) mass is 233 g/mol. The molecule has 2 aliphatic heterocycles. The van der Waals surface area contributed by atoms with Crippen molar-refractivity contribution in [3.05, 3.63) is 34.2 Å². The minimum atomic E-state index is -0.577. The second-order valence-electron chi connectivity index (χ2n) is 4.86. The van der Waals surface area contributed by atoms with Crippen LogP contribution in [0.4, 0.5) is 0 Å². The molecule has 17 heavy (non-hydrogen) atoms. The summed E-state index contributed by atoms with van der Waals surface area (Å²) in [5.41, 5.74) is -0.289. The summed E-state index contributed by atoms with van der Waals surface area (Å²) in [7, 11) is 1.28. The Morgan fingerprint density at radius 3 is 3.06 bits per heavy atom. The molecule has 4 atom stereocenters. The first-order valence-electron chi connectivity index (χ1n) is 5.65. The van der Waals surface area contributed by atoms with E-state index in [1.54, 1.807) is 16.8 Å². The first-order chi connectivity index (χ1) is 8.22. The van der Waals surface area contributed by atoms with Gasteiger partial charge in [0.05, 0.1) is 25.4 Å². The molecule has 0 aromatic carbocycles. The summed E-state index contributed by atoms with van der Waals surface area (Å²) < 4.78 is 11.8. The van der Waals surface area contributed by atoms with E-state index in [1.807, 2.05) is 0 Å². The van der Waals surface area contributed by atoms with Gasteiger partial charge in [-0.2, -0.15) is 0 Å². The van der Waals surface area contributed by atoms with Crippen LogP contribution in [0.2, 0.25) is 0 Å². The zero-order chi connectivity index (χ0) is 11.8. The summed E-state index contributed by atoms with van der Waals surface area (Å²) in [6.45, 7) is 0.740. The highest BCUT2D eigenvalue weighted by atomic mass is 16.5.